The van der Waals surface area contributed by atoms with Gasteiger partial charge in [-0.05, 0) is 45.6 Å². The third kappa shape index (κ3) is 3.46. The average Bonchev–Trinajstić information content (AvgIpc) is 3.34. The van der Waals surface area contributed by atoms with Crippen molar-refractivity contribution in [1.82, 2.24) is 14.9 Å². The molecule has 1 atom stereocenters. The molecular formula is C25H25F3N6O2. The van der Waals surface area contributed by atoms with Crippen LogP contribution in [-0.2, 0) is 10.2 Å². The first-order valence-corrected chi connectivity index (χ1v) is 11.6. The molecule has 2 aromatic heterocycles. The van der Waals surface area contributed by atoms with Gasteiger partial charge in [0.1, 0.15) is 23.1 Å². The first-order chi connectivity index (χ1) is 16.9. The summed E-state index contributed by atoms with van der Waals surface area (Å²) in [5, 5.41) is 20.6. The van der Waals surface area contributed by atoms with Crippen molar-refractivity contribution in [2.75, 3.05) is 11.1 Å². The van der Waals surface area contributed by atoms with E-state index in [1.165, 1.54) is 6.07 Å². The summed E-state index contributed by atoms with van der Waals surface area (Å²) in [5.74, 6) is -0.485. The van der Waals surface area contributed by atoms with E-state index in [4.69, 9.17) is 10.3 Å². The molecule has 3 aliphatic carbocycles. The number of nitrogens with zero attached hydrogens (tertiary/aromatic N) is 4. The highest BCUT2D eigenvalue weighted by atomic mass is 19.4. The van der Waals surface area contributed by atoms with E-state index in [-0.39, 0.29) is 37.1 Å². The van der Waals surface area contributed by atoms with Gasteiger partial charge in [0.25, 0.3) is 0 Å². The van der Waals surface area contributed by atoms with E-state index < -0.39 is 22.9 Å². The van der Waals surface area contributed by atoms with Crippen LogP contribution in [0, 0.1) is 16.7 Å². The number of hydrogen-bond acceptors (Lipinski definition) is 6. The van der Waals surface area contributed by atoms with Gasteiger partial charge in [0, 0.05) is 23.1 Å². The maximum Gasteiger partial charge on any atom is 0.394 e. The Hall–Kier alpha value is -3.81. The number of nitriles is 1. The van der Waals surface area contributed by atoms with Crippen LogP contribution in [0.4, 0.5) is 24.9 Å². The molecule has 1 unspecified atom stereocenters. The Morgan fingerprint density at radius 2 is 1.86 bits per heavy atom. The SMILES string of the molecule is CC(C(=O)Nc1cc(C23CC(C(F)(F)F)(C2)C3)no1)c1ccc(-c2nn(C(C)C)c(N)c2C#N)cc1. The Morgan fingerprint density at radius 1 is 1.22 bits per heavy atom. The van der Waals surface area contributed by atoms with E-state index in [2.05, 4.69) is 21.6 Å². The normalized spacial score (nSPS) is 23.5. The Balaban J connectivity index is 1.26. The summed E-state index contributed by atoms with van der Waals surface area (Å²) in [6.45, 7) is 5.56. The van der Waals surface area contributed by atoms with Crippen LogP contribution >= 0.6 is 0 Å². The van der Waals surface area contributed by atoms with Gasteiger partial charge in [0.15, 0.2) is 0 Å². The van der Waals surface area contributed by atoms with Crippen molar-refractivity contribution in [3.63, 3.8) is 0 Å². The number of hydrogen-bond donors (Lipinski definition) is 2. The molecule has 11 heteroatoms. The molecule has 8 nitrogen and oxygen atoms in total. The van der Waals surface area contributed by atoms with Gasteiger partial charge >= 0.3 is 6.18 Å². The van der Waals surface area contributed by atoms with Crippen LogP contribution in [0.1, 0.15) is 68.8 Å². The Morgan fingerprint density at radius 3 is 2.42 bits per heavy atom. The number of carbonyl (C=O) groups excluding carboxylic acids is 1. The van der Waals surface area contributed by atoms with Crippen LogP contribution in [-0.4, -0.2) is 27.0 Å². The minimum Gasteiger partial charge on any atom is -0.383 e. The van der Waals surface area contributed by atoms with Gasteiger partial charge in [0.05, 0.1) is 17.0 Å². The molecule has 6 rings (SSSR count). The standard InChI is InChI=1S/C25H25F3N6O2/c1-13(2)34-21(30)17(9-29)20(32-34)16-6-4-15(5-7-16)14(3)22(35)31-19-8-18(33-36-19)23-10-24(11-23,12-23)25(26,27)28/h4-8,13-14H,10-12,30H2,1-3H3,(H,31,35). The number of alkyl halides is 3. The topological polar surface area (TPSA) is 123 Å². The first kappa shape index (κ1) is 23.9. The largest absolute Gasteiger partial charge is 0.394 e. The molecule has 3 aromatic rings. The molecule has 3 saturated carbocycles. The fourth-order valence-corrected chi connectivity index (χ4v) is 5.41. The molecule has 3 N–H and O–H groups in total. The summed E-state index contributed by atoms with van der Waals surface area (Å²) in [4.78, 5) is 12.8. The second kappa shape index (κ2) is 7.85. The molecule has 1 amide bonds. The van der Waals surface area contributed by atoms with Crippen LogP contribution in [0.3, 0.4) is 0 Å². The van der Waals surface area contributed by atoms with Gasteiger partial charge in [-0.2, -0.15) is 23.5 Å². The average molecular weight is 499 g/mol. The van der Waals surface area contributed by atoms with Crippen LogP contribution < -0.4 is 11.1 Å². The first-order valence-electron chi connectivity index (χ1n) is 11.6. The quantitative estimate of drug-likeness (QED) is 0.476. The van der Waals surface area contributed by atoms with E-state index in [0.717, 1.165) is 5.56 Å². The number of nitrogens with one attached hydrogen (secondary N) is 1. The molecule has 0 spiro atoms. The molecule has 3 fully saturated rings. The zero-order chi connectivity index (χ0) is 26.0. The maximum atomic E-state index is 13.1. The van der Waals surface area contributed by atoms with E-state index in [0.29, 0.717) is 28.3 Å². The van der Waals surface area contributed by atoms with E-state index in [1.807, 2.05) is 13.8 Å². The number of carbonyl (C=O) groups is 1. The lowest BCUT2D eigenvalue weighted by molar-refractivity contribution is -0.338. The summed E-state index contributed by atoms with van der Waals surface area (Å²) < 4.78 is 46.2. The zero-order valence-corrected chi connectivity index (χ0v) is 20.0. The molecule has 36 heavy (non-hydrogen) atoms. The second-order valence-corrected chi connectivity index (χ2v) is 10.3. The molecule has 188 valence electrons. The number of anilines is 2. The summed E-state index contributed by atoms with van der Waals surface area (Å²) in [7, 11) is 0. The fraction of sp³-hybridized carbons (Fsp3) is 0.440. The predicted octanol–water partition coefficient (Wildman–Crippen LogP) is 5.30. The highest BCUT2D eigenvalue weighted by Crippen LogP contribution is 2.78. The third-order valence-electron chi connectivity index (χ3n) is 7.56. The number of rotatable bonds is 6. The Kier molecular flexibility index (Phi) is 5.21. The summed E-state index contributed by atoms with van der Waals surface area (Å²) in [5.41, 5.74) is 6.54. The van der Waals surface area contributed by atoms with Crippen molar-refractivity contribution in [1.29, 1.82) is 5.26 Å². The van der Waals surface area contributed by atoms with Crippen molar-refractivity contribution in [3.8, 4) is 17.3 Å². The van der Waals surface area contributed by atoms with Crippen LogP contribution in [0.2, 0.25) is 0 Å². The Labute approximate surface area is 205 Å². The molecule has 2 heterocycles. The van der Waals surface area contributed by atoms with Crippen LogP contribution in [0.5, 0.6) is 0 Å². The minimum absolute atomic E-state index is 0.00850. The number of nitrogens with two attached hydrogens (primary N) is 1. The third-order valence-corrected chi connectivity index (χ3v) is 7.56. The number of aromatic nitrogens is 3. The number of amides is 1. The van der Waals surface area contributed by atoms with Crippen molar-refractivity contribution in [2.45, 2.75) is 63.6 Å². The van der Waals surface area contributed by atoms with Crippen molar-refractivity contribution in [3.05, 3.63) is 47.2 Å². The van der Waals surface area contributed by atoms with Gasteiger partial charge in [-0.1, -0.05) is 29.4 Å². The molecule has 1 aromatic carbocycles. The van der Waals surface area contributed by atoms with Crippen molar-refractivity contribution < 1.29 is 22.5 Å². The minimum atomic E-state index is -4.20. The molecular weight excluding hydrogens is 473 g/mol. The summed E-state index contributed by atoms with van der Waals surface area (Å²) in [6, 6.07) is 10.7. The number of benzene rings is 1. The second-order valence-electron chi connectivity index (χ2n) is 10.3. The Bertz CT molecular complexity index is 1360. The lowest BCUT2D eigenvalue weighted by Crippen LogP contribution is -2.70. The fourth-order valence-electron chi connectivity index (χ4n) is 5.41. The van der Waals surface area contributed by atoms with E-state index >= 15 is 0 Å². The molecule has 0 aliphatic heterocycles. The summed E-state index contributed by atoms with van der Waals surface area (Å²) >= 11 is 0. The molecule has 0 saturated heterocycles. The zero-order valence-electron chi connectivity index (χ0n) is 20.0. The smallest absolute Gasteiger partial charge is 0.383 e. The highest BCUT2D eigenvalue weighted by Gasteiger charge is 2.79. The monoisotopic (exact) mass is 498 g/mol. The van der Waals surface area contributed by atoms with Crippen molar-refractivity contribution in [2.24, 2.45) is 5.41 Å². The summed E-state index contributed by atoms with van der Waals surface area (Å²) in [6.07, 6.45) is -4.15. The lowest BCUT2D eigenvalue weighted by atomic mass is 9.34. The molecule has 0 radical (unpaired) electrons. The van der Waals surface area contributed by atoms with Gasteiger partial charge < -0.3 is 10.3 Å². The molecule has 3 aliphatic rings. The van der Waals surface area contributed by atoms with E-state index in [1.54, 1.807) is 35.9 Å². The maximum absolute atomic E-state index is 13.1. The van der Waals surface area contributed by atoms with E-state index in [9.17, 15) is 23.2 Å². The number of halogens is 3. The highest BCUT2D eigenvalue weighted by molar-refractivity contribution is 5.94. The van der Waals surface area contributed by atoms with Gasteiger partial charge in [-0.3, -0.25) is 10.1 Å². The van der Waals surface area contributed by atoms with Gasteiger partial charge in [0.2, 0.25) is 11.8 Å². The van der Waals surface area contributed by atoms with Crippen LogP contribution in [0.25, 0.3) is 11.3 Å². The molecule has 2 bridgehead atoms. The van der Waals surface area contributed by atoms with Crippen molar-refractivity contribution >= 4 is 17.6 Å². The van der Waals surface area contributed by atoms with Gasteiger partial charge in [-0.15, -0.1) is 0 Å². The number of nitrogen functional groups attached to an aromatic ring is 1. The lowest BCUT2D eigenvalue weighted by Gasteiger charge is -2.69. The van der Waals surface area contributed by atoms with Gasteiger partial charge in [-0.25, -0.2) is 4.68 Å². The van der Waals surface area contributed by atoms with Crippen LogP contribution in [0.15, 0.2) is 34.9 Å². The predicted molar refractivity (Wildman–Crippen MR) is 125 cm³/mol.